The molecular weight excluding hydrogens is 545 g/mol. The number of imide groups is 1. The van der Waals surface area contributed by atoms with Crippen LogP contribution >= 0.6 is 11.8 Å². The highest BCUT2D eigenvalue weighted by Gasteiger charge is 2.38. The summed E-state index contributed by atoms with van der Waals surface area (Å²) in [6.45, 7) is 3.32. The second-order valence-corrected chi connectivity index (χ2v) is 10.3. The molecule has 214 valence electrons. The molecule has 3 aromatic rings. The summed E-state index contributed by atoms with van der Waals surface area (Å²) >= 11 is 1.12. The number of rotatable bonds is 14. The molecule has 0 fully saturated rings. The molecule has 1 aliphatic heterocycles. The molecule has 41 heavy (non-hydrogen) atoms. The van der Waals surface area contributed by atoms with Crippen LogP contribution in [-0.4, -0.2) is 49.5 Å². The number of nitrogens with one attached hydrogen (secondary N) is 2. The second-order valence-electron chi connectivity index (χ2n) is 9.25. The van der Waals surface area contributed by atoms with Crippen LogP contribution in [-0.2, 0) is 14.3 Å². The van der Waals surface area contributed by atoms with Crippen molar-refractivity contribution in [1.82, 2.24) is 4.90 Å². The molecule has 0 aliphatic carbocycles. The Bertz CT molecular complexity index is 1410. The molecule has 4 rings (SSSR count). The molecule has 0 saturated carbocycles. The number of methoxy groups -OCH3 is 1. The van der Waals surface area contributed by atoms with Gasteiger partial charge in [0.2, 0.25) is 0 Å². The fourth-order valence-corrected chi connectivity index (χ4v) is 5.01. The van der Waals surface area contributed by atoms with Crippen molar-refractivity contribution in [2.24, 2.45) is 0 Å². The molecule has 2 N–H and O–H groups in total. The lowest BCUT2D eigenvalue weighted by molar-refractivity contribution is -0.137. The number of anilines is 2. The van der Waals surface area contributed by atoms with Crippen molar-refractivity contribution in [2.75, 3.05) is 37.5 Å². The summed E-state index contributed by atoms with van der Waals surface area (Å²) in [6.07, 6.45) is 2.49. The first-order valence-electron chi connectivity index (χ1n) is 13.3. The number of unbranched alkanes of at least 4 members (excludes halogenated alkanes) is 1. The minimum Gasteiger partial charge on any atom is -0.494 e. The van der Waals surface area contributed by atoms with Crippen LogP contribution in [0.3, 0.4) is 0 Å². The first-order chi connectivity index (χ1) is 19.9. The highest BCUT2D eigenvalue weighted by molar-refractivity contribution is 8.04. The van der Waals surface area contributed by atoms with Gasteiger partial charge in [0.05, 0.1) is 6.61 Å². The van der Waals surface area contributed by atoms with E-state index in [0.717, 1.165) is 24.6 Å². The summed E-state index contributed by atoms with van der Waals surface area (Å²) in [4.78, 5) is 41.5. The van der Waals surface area contributed by atoms with Crippen molar-refractivity contribution >= 4 is 40.9 Å². The summed E-state index contributed by atoms with van der Waals surface area (Å²) < 4.78 is 24.2. The highest BCUT2D eigenvalue weighted by Crippen LogP contribution is 2.37. The topological polar surface area (TPSA) is 97.0 Å². The van der Waals surface area contributed by atoms with Gasteiger partial charge < -0.3 is 20.1 Å². The minimum absolute atomic E-state index is 0.111. The zero-order valence-electron chi connectivity index (χ0n) is 22.9. The molecule has 3 aromatic carbocycles. The number of amides is 3. The van der Waals surface area contributed by atoms with E-state index in [1.165, 1.54) is 29.2 Å². The van der Waals surface area contributed by atoms with E-state index in [2.05, 4.69) is 17.6 Å². The molecule has 8 nitrogen and oxygen atoms in total. The highest BCUT2D eigenvalue weighted by atomic mass is 32.2. The number of nitrogens with zero attached hydrogens (tertiary/aromatic N) is 1. The van der Waals surface area contributed by atoms with Gasteiger partial charge in [-0.25, -0.2) is 4.39 Å². The fraction of sp³-hybridized carbons (Fsp3) is 0.258. The van der Waals surface area contributed by atoms with E-state index < -0.39 is 17.6 Å². The van der Waals surface area contributed by atoms with E-state index in [4.69, 9.17) is 9.47 Å². The van der Waals surface area contributed by atoms with Crippen molar-refractivity contribution in [3.8, 4) is 5.75 Å². The molecule has 0 atom stereocenters. The Morgan fingerprint density at radius 3 is 2.39 bits per heavy atom. The van der Waals surface area contributed by atoms with E-state index in [0.29, 0.717) is 47.2 Å². The smallest absolute Gasteiger partial charge is 0.278 e. The Morgan fingerprint density at radius 2 is 1.68 bits per heavy atom. The van der Waals surface area contributed by atoms with Crippen LogP contribution in [0.25, 0.3) is 0 Å². The maximum Gasteiger partial charge on any atom is 0.278 e. The van der Waals surface area contributed by atoms with E-state index in [1.54, 1.807) is 55.6 Å². The Hall–Kier alpha value is -4.15. The lowest BCUT2D eigenvalue weighted by Crippen LogP contribution is -2.33. The number of carbonyl (C=O) groups is 3. The Kier molecular flexibility index (Phi) is 10.5. The van der Waals surface area contributed by atoms with E-state index >= 15 is 0 Å². The van der Waals surface area contributed by atoms with Crippen LogP contribution in [0.15, 0.2) is 88.3 Å². The van der Waals surface area contributed by atoms with Crippen molar-refractivity contribution in [3.05, 3.63) is 94.8 Å². The first-order valence-corrected chi connectivity index (χ1v) is 14.2. The molecule has 1 aliphatic rings. The minimum atomic E-state index is -0.468. The molecule has 0 radical (unpaired) electrons. The molecule has 0 unspecified atom stereocenters. The molecule has 10 heteroatoms. The van der Waals surface area contributed by atoms with Gasteiger partial charge in [0, 0.05) is 42.1 Å². The van der Waals surface area contributed by atoms with E-state index in [-0.39, 0.29) is 23.1 Å². The van der Waals surface area contributed by atoms with Crippen molar-refractivity contribution < 1.29 is 28.2 Å². The van der Waals surface area contributed by atoms with Crippen molar-refractivity contribution in [1.29, 1.82) is 0 Å². The number of benzene rings is 3. The fourth-order valence-electron chi connectivity index (χ4n) is 4.00. The third-order valence-electron chi connectivity index (χ3n) is 6.16. The molecule has 3 amide bonds. The molecular formula is C31H32FN3O5S. The average Bonchev–Trinajstić information content (AvgIpc) is 3.18. The van der Waals surface area contributed by atoms with E-state index in [1.807, 2.05) is 0 Å². The van der Waals surface area contributed by atoms with Crippen LogP contribution in [0.5, 0.6) is 5.75 Å². The maximum atomic E-state index is 13.4. The SMILES string of the molecule is CCCCOc1ccc(C(=O)Nc2cccc(SC3=C(Nc4ccc(F)cc4)C(=O)N(CCCOC)C3=O)c2)cc1. The molecule has 0 saturated heterocycles. The number of hydrogen-bond acceptors (Lipinski definition) is 7. The molecule has 0 spiro atoms. The van der Waals surface area contributed by atoms with Gasteiger partial charge in [-0.05, 0) is 79.6 Å². The van der Waals surface area contributed by atoms with Crippen LogP contribution in [0, 0.1) is 5.82 Å². The van der Waals surface area contributed by atoms with E-state index in [9.17, 15) is 18.8 Å². The van der Waals surface area contributed by atoms with Gasteiger partial charge in [0.1, 0.15) is 22.2 Å². The van der Waals surface area contributed by atoms with Crippen LogP contribution in [0.2, 0.25) is 0 Å². The van der Waals surface area contributed by atoms with Crippen LogP contribution in [0.4, 0.5) is 15.8 Å². The zero-order valence-corrected chi connectivity index (χ0v) is 23.8. The van der Waals surface area contributed by atoms with Gasteiger partial charge in [0.25, 0.3) is 17.7 Å². The van der Waals surface area contributed by atoms with Gasteiger partial charge in [-0.15, -0.1) is 0 Å². The third kappa shape index (κ3) is 7.96. The third-order valence-corrected chi connectivity index (χ3v) is 7.24. The number of ether oxygens (including phenoxy) is 2. The quantitative estimate of drug-likeness (QED) is 0.177. The van der Waals surface area contributed by atoms with Gasteiger partial charge in [-0.3, -0.25) is 19.3 Å². The standard InChI is InChI=1S/C31H32FN3O5S/c1-3-4-19-40-25-15-9-21(10-16-25)29(36)34-24-7-5-8-26(20-24)41-28-27(33-23-13-11-22(32)12-14-23)30(37)35(31(28)38)17-6-18-39-2/h5,7-16,20,33H,3-4,6,17-19H2,1-2H3,(H,34,36). The second kappa shape index (κ2) is 14.5. The zero-order chi connectivity index (χ0) is 29.2. The predicted molar refractivity (Wildman–Crippen MR) is 157 cm³/mol. The Morgan fingerprint density at radius 1 is 0.927 bits per heavy atom. The largest absolute Gasteiger partial charge is 0.494 e. The summed E-state index contributed by atoms with van der Waals surface area (Å²) in [5.74, 6) is -0.898. The van der Waals surface area contributed by atoms with Gasteiger partial charge in [0.15, 0.2) is 0 Å². The maximum absolute atomic E-state index is 13.4. The average molecular weight is 578 g/mol. The molecule has 0 aromatic heterocycles. The number of hydrogen-bond donors (Lipinski definition) is 2. The Balaban J connectivity index is 1.50. The van der Waals surface area contributed by atoms with Crippen molar-refractivity contribution in [3.63, 3.8) is 0 Å². The monoisotopic (exact) mass is 577 g/mol. The Labute approximate surface area is 242 Å². The van der Waals surface area contributed by atoms with Gasteiger partial charge in [-0.2, -0.15) is 0 Å². The molecule has 1 heterocycles. The number of thioether (sulfide) groups is 1. The lowest BCUT2D eigenvalue weighted by atomic mass is 10.2. The van der Waals surface area contributed by atoms with Gasteiger partial charge >= 0.3 is 0 Å². The van der Waals surface area contributed by atoms with Gasteiger partial charge in [-0.1, -0.05) is 31.2 Å². The molecule has 0 bridgehead atoms. The number of halogens is 1. The summed E-state index contributed by atoms with van der Waals surface area (Å²) in [5, 5.41) is 5.87. The van der Waals surface area contributed by atoms with Crippen molar-refractivity contribution in [2.45, 2.75) is 31.1 Å². The number of carbonyl (C=O) groups excluding carboxylic acids is 3. The van der Waals surface area contributed by atoms with Crippen LogP contribution in [0.1, 0.15) is 36.5 Å². The summed E-state index contributed by atoms with van der Waals surface area (Å²) in [5.41, 5.74) is 1.59. The first kappa shape index (κ1) is 29.8. The van der Waals surface area contributed by atoms with Crippen LogP contribution < -0.4 is 15.4 Å². The lowest BCUT2D eigenvalue weighted by Gasteiger charge is -2.14. The normalized spacial score (nSPS) is 13.1. The predicted octanol–water partition coefficient (Wildman–Crippen LogP) is 6.08. The summed E-state index contributed by atoms with van der Waals surface area (Å²) in [7, 11) is 1.55. The summed E-state index contributed by atoms with van der Waals surface area (Å²) in [6, 6.07) is 19.5.